The van der Waals surface area contributed by atoms with Crippen LogP contribution in [0, 0.1) is 12.8 Å². The molecule has 1 saturated carbocycles. The number of rotatable bonds is 4. The van der Waals surface area contributed by atoms with Gasteiger partial charge in [0.25, 0.3) is 0 Å². The molecule has 2 N–H and O–H groups in total. The van der Waals surface area contributed by atoms with Crippen molar-refractivity contribution < 1.29 is 9.53 Å². The number of aromatic nitrogens is 2. The molecule has 2 amide bonds. The van der Waals surface area contributed by atoms with Crippen LogP contribution in [0.25, 0.3) is 5.69 Å². The summed E-state index contributed by atoms with van der Waals surface area (Å²) in [6.45, 7) is 2.70. The fourth-order valence-electron chi connectivity index (χ4n) is 3.46. The Morgan fingerprint density at radius 3 is 2.80 bits per heavy atom. The summed E-state index contributed by atoms with van der Waals surface area (Å²) in [7, 11) is 0. The summed E-state index contributed by atoms with van der Waals surface area (Å²) >= 11 is 0. The third-order valence-corrected chi connectivity index (χ3v) is 4.93. The van der Waals surface area contributed by atoms with Crippen LogP contribution < -0.4 is 10.6 Å². The molecular formula is C19H24N4O2. The normalized spacial score (nSPS) is 23.2. The number of ether oxygens (including phenoxy) is 1. The maximum Gasteiger partial charge on any atom is 0.320 e. The molecule has 2 aromatic rings. The first-order valence-electron chi connectivity index (χ1n) is 9.00. The highest BCUT2D eigenvalue weighted by molar-refractivity contribution is 5.88. The van der Waals surface area contributed by atoms with Crippen molar-refractivity contribution in [2.45, 2.75) is 44.8 Å². The molecule has 0 spiro atoms. The van der Waals surface area contributed by atoms with E-state index < -0.39 is 0 Å². The van der Waals surface area contributed by atoms with Gasteiger partial charge in [0.1, 0.15) is 0 Å². The lowest BCUT2D eigenvalue weighted by atomic mass is 10.0. The van der Waals surface area contributed by atoms with Crippen LogP contribution in [0.3, 0.4) is 0 Å². The number of aryl methyl sites for hydroxylation is 1. The molecular weight excluding hydrogens is 316 g/mol. The maximum absolute atomic E-state index is 12.3. The lowest BCUT2D eigenvalue weighted by Gasteiger charge is -2.30. The summed E-state index contributed by atoms with van der Waals surface area (Å²) in [6, 6.07) is 11.8. The smallest absolute Gasteiger partial charge is 0.320 e. The molecule has 1 aromatic carbocycles. The number of para-hydroxylation sites is 1. The second kappa shape index (κ2) is 6.88. The van der Waals surface area contributed by atoms with Gasteiger partial charge in [0.15, 0.2) is 5.82 Å². The summed E-state index contributed by atoms with van der Waals surface area (Å²) in [4.78, 5) is 12.3. The standard InChI is InChI=1S/C19H24N4O2/c1-13-11-18(22-23(13)16-5-3-2-4-6-16)21-19(24)20-15-9-10-25-17(12-15)14-7-8-14/h2-6,11,14-15,17H,7-10,12H2,1H3,(H2,20,21,22,24)/t15-,17+/m0/s1. The van der Waals surface area contributed by atoms with E-state index in [2.05, 4.69) is 15.7 Å². The van der Waals surface area contributed by atoms with Crippen molar-refractivity contribution in [3.8, 4) is 5.69 Å². The predicted molar refractivity (Wildman–Crippen MR) is 95.9 cm³/mol. The number of carbonyl (C=O) groups is 1. The topological polar surface area (TPSA) is 68.2 Å². The Balaban J connectivity index is 1.36. The maximum atomic E-state index is 12.3. The van der Waals surface area contributed by atoms with Crippen LogP contribution in [-0.4, -0.2) is 34.6 Å². The minimum atomic E-state index is -0.195. The van der Waals surface area contributed by atoms with Crippen LogP contribution in [0.1, 0.15) is 31.4 Å². The molecule has 2 fully saturated rings. The summed E-state index contributed by atoms with van der Waals surface area (Å²) in [5.41, 5.74) is 1.95. The van der Waals surface area contributed by atoms with Gasteiger partial charge < -0.3 is 10.1 Å². The number of nitrogens with zero attached hydrogens (tertiary/aromatic N) is 2. The molecule has 4 rings (SSSR count). The number of anilines is 1. The van der Waals surface area contributed by atoms with E-state index in [4.69, 9.17) is 4.74 Å². The second-order valence-electron chi connectivity index (χ2n) is 6.98. The van der Waals surface area contributed by atoms with E-state index in [1.165, 1.54) is 12.8 Å². The average molecular weight is 340 g/mol. The van der Waals surface area contributed by atoms with Crippen molar-refractivity contribution in [2.24, 2.45) is 5.92 Å². The first kappa shape index (κ1) is 16.1. The Hall–Kier alpha value is -2.34. The lowest BCUT2D eigenvalue weighted by Crippen LogP contribution is -2.44. The molecule has 6 heteroatoms. The molecule has 2 aliphatic rings. The number of urea groups is 1. The number of amides is 2. The zero-order valence-electron chi connectivity index (χ0n) is 14.4. The van der Waals surface area contributed by atoms with Crippen molar-refractivity contribution in [1.29, 1.82) is 0 Å². The number of hydrogen-bond donors (Lipinski definition) is 2. The number of benzene rings is 1. The monoisotopic (exact) mass is 340 g/mol. The molecule has 0 unspecified atom stereocenters. The highest BCUT2D eigenvalue weighted by atomic mass is 16.5. The van der Waals surface area contributed by atoms with Gasteiger partial charge in [-0.05, 0) is 50.7 Å². The van der Waals surface area contributed by atoms with Gasteiger partial charge in [-0.25, -0.2) is 9.48 Å². The molecule has 0 radical (unpaired) electrons. The van der Waals surface area contributed by atoms with E-state index in [1.54, 1.807) is 0 Å². The molecule has 132 valence electrons. The second-order valence-corrected chi connectivity index (χ2v) is 6.98. The van der Waals surface area contributed by atoms with E-state index in [9.17, 15) is 4.79 Å². The molecule has 2 atom stereocenters. The first-order chi connectivity index (χ1) is 12.2. The molecule has 1 saturated heterocycles. The van der Waals surface area contributed by atoms with Crippen molar-refractivity contribution in [2.75, 3.05) is 11.9 Å². The van der Waals surface area contributed by atoms with Crippen LogP contribution >= 0.6 is 0 Å². The Morgan fingerprint density at radius 2 is 2.04 bits per heavy atom. The number of nitrogens with one attached hydrogen (secondary N) is 2. The van der Waals surface area contributed by atoms with Crippen LogP contribution in [0.4, 0.5) is 10.6 Å². The summed E-state index contributed by atoms with van der Waals surface area (Å²) in [5.74, 6) is 1.27. The van der Waals surface area contributed by atoms with E-state index in [0.717, 1.165) is 30.8 Å². The molecule has 6 nitrogen and oxygen atoms in total. The fraction of sp³-hybridized carbons (Fsp3) is 0.474. The fourth-order valence-corrected chi connectivity index (χ4v) is 3.46. The van der Waals surface area contributed by atoms with E-state index in [0.29, 0.717) is 17.8 Å². The summed E-state index contributed by atoms with van der Waals surface area (Å²) in [5, 5.41) is 10.4. The van der Waals surface area contributed by atoms with Gasteiger partial charge in [0.2, 0.25) is 0 Å². The zero-order chi connectivity index (χ0) is 17.2. The molecule has 1 aliphatic heterocycles. The van der Waals surface area contributed by atoms with Crippen LogP contribution in [0.15, 0.2) is 36.4 Å². The van der Waals surface area contributed by atoms with Crippen molar-refractivity contribution in [3.05, 3.63) is 42.1 Å². The molecule has 1 aliphatic carbocycles. The van der Waals surface area contributed by atoms with Gasteiger partial charge in [0, 0.05) is 24.4 Å². The van der Waals surface area contributed by atoms with E-state index in [1.807, 2.05) is 48.0 Å². The van der Waals surface area contributed by atoms with E-state index >= 15 is 0 Å². The van der Waals surface area contributed by atoms with Gasteiger partial charge in [-0.15, -0.1) is 5.10 Å². The largest absolute Gasteiger partial charge is 0.378 e. The van der Waals surface area contributed by atoms with Gasteiger partial charge >= 0.3 is 6.03 Å². The third-order valence-electron chi connectivity index (χ3n) is 4.93. The van der Waals surface area contributed by atoms with Crippen molar-refractivity contribution >= 4 is 11.8 Å². The summed E-state index contributed by atoms with van der Waals surface area (Å²) in [6.07, 6.45) is 4.63. The highest BCUT2D eigenvalue weighted by Gasteiger charge is 2.36. The van der Waals surface area contributed by atoms with Gasteiger partial charge in [-0.2, -0.15) is 0 Å². The zero-order valence-corrected chi connectivity index (χ0v) is 14.4. The minimum absolute atomic E-state index is 0.177. The first-order valence-corrected chi connectivity index (χ1v) is 9.00. The Morgan fingerprint density at radius 1 is 1.24 bits per heavy atom. The Kier molecular flexibility index (Phi) is 4.44. The quantitative estimate of drug-likeness (QED) is 0.898. The SMILES string of the molecule is Cc1cc(NC(=O)N[C@H]2CCO[C@@H](C3CC3)C2)nn1-c1ccccc1. The van der Waals surface area contributed by atoms with Crippen LogP contribution in [0.5, 0.6) is 0 Å². The molecule has 2 heterocycles. The Bertz CT molecular complexity index is 739. The lowest BCUT2D eigenvalue weighted by molar-refractivity contribution is -0.00889. The third kappa shape index (κ3) is 3.85. The summed E-state index contributed by atoms with van der Waals surface area (Å²) < 4.78 is 7.64. The van der Waals surface area contributed by atoms with Gasteiger partial charge in [0.05, 0.1) is 11.8 Å². The molecule has 1 aromatic heterocycles. The van der Waals surface area contributed by atoms with E-state index in [-0.39, 0.29) is 12.1 Å². The average Bonchev–Trinajstić information content (AvgIpc) is 3.40. The van der Waals surface area contributed by atoms with Crippen LogP contribution in [0.2, 0.25) is 0 Å². The predicted octanol–water partition coefficient (Wildman–Crippen LogP) is 3.26. The molecule has 0 bridgehead atoms. The van der Waals surface area contributed by atoms with Crippen molar-refractivity contribution in [3.63, 3.8) is 0 Å². The minimum Gasteiger partial charge on any atom is -0.378 e. The van der Waals surface area contributed by atoms with Gasteiger partial charge in [-0.1, -0.05) is 18.2 Å². The number of carbonyl (C=O) groups excluding carboxylic acids is 1. The van der Waals surface area contributed by atoms with Gasteiger partial charge in [-0.3, -0.25) is 5.32 Å². The highest BCUT2D eigenvalue weighted by Crippen LogP contribution is 2.38. The van der Waals surface area contributed by atoms with Crippen molar-refractivity contribution in [1.82, 2.24) is 15.1 Å². The Labute approximate surface area is 147 Å². The molecule has 25 heavy (non-hydrogen) atoms. The number of hydrogen-bond acceptors (Lipinski definition) is 3. The van der Waals surface area contributed by atoms with Crippen LogP contribution in [-0.2, 0) is 4.74 Å².